The Labute approximate surface area is 74.7 Å². The van der Waals surface area contributed by atoms with Crippen LogP contribution < -0.4 is 0 Å². The molecule has 0 saturated heterocycles. The SMILES string of the molecule is CCN(CC#N)CCOC(F)(F)F. The van der Waals surface area contributed by atoms with Crippen molar-refractivity contribution >= 4 is 0 Å². The van der Waals surface area contributed by atoms with Crippen LogP contribution in [0.2, 0.25) is 0 Å². The lowest BCUT2D eigenvalue weighted by atomic mass is 10.5. The van der Waals surface area contributed by atoms with Crippen LogP contribution in [0.4, 0.5) is 13.2 Å². The quantitative estimate of drug-likeness (QED) is 0.623. The van der Waals surface area contributed by atoms with Gasteiger partial charge in [-0.3, -0.25) is 9.64 Å². The molecular weight excluding hydrogens is 185 g/mol. The molecule has 0 radical (unpaired) electrons. The van der Waals surface area contributed by atoms with Gasteiger partial charge in [-0.15, -0.1) is 13.2 Å². The molecule has 13 heavy (non-hydrogen) atoms. The number of rotatable bonds is 5. The highest BCUT2D eigenvalue weighted by molar-refractivity contribution is 4.75. The molecule has 0 fully saturated rings. The molecule has 0 rings (SSSR count). The van der Waals surface area contributed by atoms with Crippen molar-refractivity contribution in [3.8, 4) is 6.07 Å². The van der Waals surface area contributed by atoms with E-state index in [1.807, 2.05) is 6.07 Å². The highest BCUT2D eigenvalue weighted by Crippen LogP contribution is 2.15. The Hall–Kier alpha value is -0.800. The van der Waals surface area contributed by atoms with Crippen LogP contribution in [-0.2, 0) is 4.74 Å². The van der Waals surface area contributed by atoms with E-state index in [0.29, 0.717) is 6.54 Å². The highest BCUT2D eigenvalue weighted by Gasteiger charge is 2.28. The molecule has 0 aromatic heterocycles. The summed E-state index contributed by atoms with van der Waals surface area (Å²) in [7, 11) is 0. The van der Waals surface area contributed by atoms with Crippen molar-refractivity contribution in [1.29, 1.82) is 5.26 Å². The number of alkyl halides is 3. The van der Waals surface area contributed by atoms with Gasteiger partial charge in [0.2, 0.25) is 0 Å². The Bertz CT molecular complexity index is 176. The van der Waals surface area contributed by atoms with Crippen LogP contribution in [0, 0.1) is 11.3 Å². The summed E-state index contributed by atoms with van der Waals surface area (Å²) in [6, 6.07) is 1.86. The molecule has 3 nitrogen and oxygen atoms in total. The Morgan fingerprint density at radius 2 is 2.08 bits per heavy atom. The predicted molar refractivity (Wildman–Crippen MR) is 39.7 cm³/mol. The lowest BCUT2D eigenvalue weighted by Crippen LogP contribution is -2.29. The Kier molecular flexibility index (Phi) is 5.42. The Balaban J connectivity index is 3.56. The average Bonchev–Trinajstić information content (AvgIpc) is 2.01. The van der Waals surface area contributed by atoms with Crippen LogP contribution in [0.5, 0.6) is 0 Å². The summed E-state index contributed by atoms with van der Waals surface area (Å²) in [6.07, 6.45) is -4.58. The largest absolute Gasteiger partial charge is 0.522 e. The molecular formula is C7H11F3N2O. The number of likely N-dealkylation sites (N-methyl/N-ethyl adjacent to an activating group) is 1. The van der Waals surface area contributed by atoms with Crippen molar-refractivity contribution in [3.05, 3.63) is 0 Å². The molecule has 0 aliphatic carbocycles. The smallest absolute Gasteiger partial charge is 0.291 e. The van der Waals surface area contributed by atoms with E-state index in [4.69, 9.17) is 5.26 Å². The second-order valence-electron chi connectivity index (χ2n) is 2.32. The highest BCUT2D eigenvalue weighted by atomic mass is 19.4. The zero-order chi connectivity index (χ0) is 10.3. The van der Waals surface area contributed by atoms with Crippen molar-refractivity contribution in [2.45, 2.75) is 13.3 Å². The third-order valence-corrected chi connectivity index (χ3v) is 1.41. The van der Waals surface area contributed by atoms with Gasteiger partial charge in [-0.05, 0) is 6.54 Å². The van der Waals surface area contributed by atoms with E-state index in [-0.39, 0.29) is 13.1 Å². The van der Waals surface area contributed by atoms with E-state index in [0.717, 1.165) is 0 Å². The zero-order valence-electron chi connectivity index (χ0n) is 7.26. The summed E-state index contributed by atoms with van der Waals surface area (Å²) in [4.78, 5) is 1.56. The van der Waals surface area contributed by atoms with Crippen molar-refractivity contribution in [2.75, 3.05) is 26.2 Å². The minimum Gasteiger partial charge on any atom is -0.291 e. The number of halogens is 3. The fourth-order valence-electron chi connectivity index (χ4n) is 0.739. The molecule has 0 aromatic rings. The molecule has 0 saturated carbocycles. The number of hydrogen-bond acceptors (Lipinski definition) is 3. The van der Waals surface area contributed by atoms with Crippen LogP contribution in [0.15, 0.2) is 0 Å². The van der Waals surface area contributed by atoms with Crippen molar-refractivity contribution in [1.82, 2.24) is 4.90 Å². The van der Waals surface area contributed by atoms with Gasteiger partial charge < -0.3 is 0 Å². The second-order valence-corrected chi connectivity index (χ2v) is 2.32. The lowest BCUT2D eigenvalue weighted by molar-refractivity contribution is -0.324. The summed E-state index contributed by atoms with van der Waals surface area (Å²) in [5, 5.41) is 8.27. The van der Waals surface area contributed by atoms with Crippen molar-refractivity contribution < 1.29 is 17.9 Å². The van der Waals surface area contributed by atoms with Gasteiger partial charge in [0.15, 0.2) is 0 Å². The van der Waals surface area contributed by atoms with E-state index in [2.05, 4.69) is 4.74 Å². The van der Waals surface area contributed by atoms with Gasteiger partial charge in [0, 0.05) is 6.54 Å². The van der Waals surface area contributed by atoms with E-state index in [9.17, 15) is 13.2 Å². The third-order valence-electron chi connectivity index (χ3n) is 1.41. The summed E-state index contributed by atoms with van der Waals surface area (Å²) < 4.78 is 38.0. The summed E-state index contributed by atoms with van der Waals surface area (Å²) in [6.45, 7) is 2.11. The molecule has 0 aliphatic rings. The lowest BCUT2D eigenvalue weighted by Gasteiger charge is -2.16. The predicted octanol–water partition coefficient (Wildman–Crippen LogP) is 1.37. The average molecular weight is 196 g/mol. The molecule has 0 N–H and O–H groups in total. The Morgan fingerprint density at radius 3 is 2.46 bits per heavy atom. The molecule has 0 aromatic carbocycles. The maximum atomic E-state index is 11.5. The van der Waals surface area contributed by atoms with Crippen molar-refractivity contribution in [3.63, 3.8) is 0 Å². The summed E-state index contributed by atoms with van der Waals surface area (Å²) in [5.41, 5.74) is 0. The first-order valence-electron chi connectivity index (χ1n) is 3.79. The van der Waals surface area contributed by atoms with E-state index < -0.39 is 13.0 Å². The second kappa shape index (κ2) is 5.78. The number of nitrogens with zero attached hydrogens (tertiary/aromatic N) is 2. The summed E-state index contributed by atoms with van der Waals surface area (Å²) >= 11 is 0. The van der Waals surface area contributed by atoms with Crippen LogP contribution in [0.3, 0.4) is 0 Å². The Morgan fingerprint density at radius 1 is 1.46 bits per heavy atom. The fourth-order valence-corrected chi connectivity index (χ4v) is 0.739. The number of nitriles is 1. The molecule has 6 heteroatoms. The standard InChI is InChI=1S/C7H11F3N2O/c1-2-12(4-3-11)5-6-13-7(8,9)10/h2,4-6H2,1H3. The van der Waals surface area contributed by atoms with Crippen molar-refractivity contribution in [2.24, 2.45) is 0 Å². The molecule has 0 atom stereocenters. The zero-order valence-corrected chi connectivity index (χ0v) is 7.26. The van der Waals surface area contributed by atoms with Crippen LogP contribution in [0.25, 0.3) is 0 Å². The van der Waals surface area contributed by atoms with E-state index in [1.54, 1.807) is 11.8 Å². The molecule has 0 bridgehead atoms. The minimum atomic E-state index is -4.58. The van der Waals surface area contributed by atoms with Crippen LogP contribution >= 0.6 is 0 Å². The van der Waals surface area contributed by atoms with Gasteiger partial charge in [0.1, 0.15) is 0 Å². The molecule has 76 valence electrons. The van der Waals surface area contributed by atoms with E-state index >= 15 is 0 Å². The molecule has 0 amide bonds. The normalized spacial score (nSPS) is 11.7. The molecule has 0 heterocycles. The van der Waals surface area contributed by atoms with Crippen LogP contribution in [0.1, 0.15) is 6.92 Å². The number of ether oxygens (including phenoxy) is 1. The fraction of sp³-hybridized carbons (Fsp3) is 0.857. The number of hydrogen-bond donors (Lipinski definition) is 0. The molecule has 0 unspecified atom stereocenters. The maximum Gasteiger partial charge on any atom is 0.522 e. The molecule has 0 spiro atoms. The van der Waals surface area contributed by atoms with Gasteiger partial charge in [-0.25, -0.2) is 0 Å². The van der Waals surface area contributed by atoms with Gasteiger partial charge in [-0.2, -0.15) is 5.26 Å². The van der Waals surface area contributed by atoms with E-state index in [1.165, 1.54) is 0 Å². The van der Waals surface area contributed by atoms with Gasteiger partial charge in [0.25, 0.3) is 0 Å². The summed E-state index contributed by atoms with van der Waals surface area (Å²) in [5.74, 6) is 0. The van der Waals surface area contributed by atoms with Gasteiger partial charge in [-0.1, -0.05) is 6.92 Å². The topological polar surface area (TPSA) is 36.3 Å². The first-order chi connectivity index (χ1) is 5.99. The van der Waals surface area contributed by atoms with Crippen LogP contribution in [-0.4, -0.2) is 37.5 Å². The maximum absolute atomic E-state index is 11.5. The molecule has 0 aliphatic heterocycles. The van der Waals surface area contributed by atoms with Gasteiger partial charge in [0.05, 0.1) is 19.2 Å². The minimum absolute atomic E-state index is 0.115. The third kappa shape index (κ3) is 7.56. The van der Waals surface area contributed by atoms with Gasteiger partial charge >= 0.3 is 6.36 Å². The first kappa shape index (κ1) is 12.2. The monoisotopic (exact) mass is 196 g/mol. The first-order valence-corrected chi connectivity index (χ1v) is 3.79.